The van der Waals surface area contributed by atoms with Crippen LogP contribution < -0.4 is 0 Å². The van der Waals surface area contributed by atoms with Crippen molar-refractivity contribution in [1.82, 2.24) is 0 Å². The van der Waals surface area contributed by atoms with Crippen LogP contribution in [0.5, 0.6) is 0 Å². The van der Waals surface area contributed by atoms with Crippen LogP contribution in [0.25, 0.3) is 0 Å². The summed E-state index contributed by atoms with van der Waals surface area (Å²) in [5, 5.41) is 8.52. The highest BCUT2D eigenvalue weighted by molar-refractivity contribution is 5.49. The maximum atomic E-state index is 9.98. The van der Waals surface area contributed by atoms with Gasteiger partial charge >= 0.3 is 0 Å². The average molecular weight is 171 g/mol. The summed E-state index contributed by atoms with van der Waals surface area (Å²) in [6, 6.07) is 1.79. The molecule has 5 nitrogen and oxygen atoms in total. The van der Waals surface area contributed by atoms with Gasteiger partial charge in [0.05, 0.1) is 0 Å². The zero-order valence-electron chi connectivity index (χ0n) is 6.65. The molecule has 2 unspecified atom stereocenters. The van der Waals surface area contributed by atoms with Crippen LogP contribution in [0.2, 0.25) is 0 Å². The molecule has 12 heavy (non-hydrogen) atoms. The molecule has 0 aliphatic carbocycles. The first-order valence-electron chi connectivity index (χ1n) is 3.57. The Morgan fingerprint density at radius 2 is 2.50 bits per heavy atom. The number of carbonyl (C=O) groups excluding carboxylic acids is 1. The predicted molar refractivity (Wildman–Crippen MR) is 36.4 cm³/mol. The predicted octanol–water partition coefficient (Wildman–Crippen LogP) is 0.510. The average Bonchev–Trinajstić information content (AvgIpc) is 2.45. The van der Waals surface area contributed by atoms with Gasteiger partial charge in [0.15, 0.2) is 6.29 Å². The van der Waals surface area contributed by atoms with E-state index in [2.05, 4.69) is 9.78 Å². The van der Waals surface area contributed by atoms with Gasteiger partial charge in [-0.2, -0.15) is 10.1 Å². The van der Waals surface area contributed by atoms with Crippen LogP contribution in [0, 0.1) is 11.3 Å². The van der Waals surface area contributed by atoms with Crippen molar-refractivity contribution in [2.45, 2.75) is 31.8 Å². The van der Waals surface area contributed by atoms with Crippen molar-refractivity contribution in [2.75, 3.05) is 0 Å². The molecule has 0 bridgehead atoms. The van der Waals surface area contributed by atoms with Gasteiger partial charge in [0.2, 0.25) is 0 Å². The minimum Gasteiger partial charge on any atom is -0.303 e. The second-order valence-corrected chi connectivity index (χ2v) is 2.53. The fourth-order valence-electron chi connectivity index (χ4n) is 0.792. The van der Waals surface area contributed by atoms with Crippen LogP contribution in [0.4, 0.5) is 0 Å². The molecule has 0 spiro atoms. The number of aldehydes is 1. The second kappa shape index (κ2) is 3.63. The monoisotopic (exact) mass is 171 g/mol. The summed E-state index contributed by atoms with van der Waals surface area (Å²) < 4.78 is 5.04. The summed E-state index contributed by atoms with van der Waals surface area (Å²) in [6.45, 7) is 1.45. The molecule has 0 saturated carbocycles. The Kier molecular flexibility index (Phi) is 2.76. The normalized spacial score (nSPS) is 34.5. The molecule has 0 aromatic carbocycles. The van der Waals surface area contributed by atoms with Crippen molar-refractivity contribution in [2.24, 2.45) is 0 Å². The quantitative estimate of drug-likeness (QED) is 0.457. The molecular formula is C7H9NO4. The van der Waals surface area contributed by atoms with Gasteiger partial charge in [-0.15, -0.1) is 0 Å². The molecule has 2 atom stereocenters. The van der Waals surface area contributed by atoms with E-state index in [9.17, 15) is 4.79 Å². The molecular weight excluding hydrogens is 162 g/mol. The lowest BCUT2D eigenvalue weighted by molar-refractivity contribution is -0.311. The summed E-state index contributed by atoms with van der Waals surface area (Å²) in [5.41, 5.74) is 0. The van der Waals surface area contributed by atoms with E-state index in [-0.39, 0.29) is 0 Å². The summed E-state index contributed by atoms with van der Waals surface area (Å²) >= 11 is 0. The zero-order valence-corrected chi connectivity index (χ0v) is 6.65. The molecule has 5 heteroatoms. The van der Waals surface area contributed by atoms with Crippen molar-refractivity contribution in [3.63, 3.8) is 0 Å². The Morgan fingerprint density at radius 3 is 3.00 bits per heavy atom. The molecule has 66 valence electrons. The lowest BCUT2D eigenvalue weighted by atomic mass is 10.3. The Hall–Kier alpha value is -0.960. The summed E-state index contributed by atoms with van der Waals surface area (Å²) in [5.74, 6) is -1.33. The van der Waals surface area contributed by atoms with E-state index in [4.69, 9.17) is 10.00 Å². The van der Waals surface area contributed by atoms with Crippen LogP contribution in [-0.4, -0.2) is 18.4 Å². The lowest BCUT2D eigenvalue weighted by Gasteiger charge is -2.08. The topological polar surface area (TPSA) is 68.5 Å². The van der Waals surface area contributed by atoms with Gasteiger partial charge < -0.3 is 9.53 Å². The minimum atomic E-state index is -1.33. The maximum absolute atomic E-state index is 9.98. The Morgan fingerprint density at radius 1 is 1.75 bits per heavy atom. The van der Waals surface area contributed by atoms with Crippen molar-refractivity contribution in [3.8, 4) is 6.07 Å². The summed E-state index contributed by atoms with van der Waals surface area (Å²) in [4.78, 5) is 19.2. The van der Waals surface area contributed by atoms with Crippen LogP contribution in [-0.2, 0) is 19.3 Å². The first-order chi connectivity index (χ1) is 5.70. The number of carbonyl (C=O) groups is 1. The molecule has 1 aliphatic heterocycles. The molecule has 1 rings (SSSR count). The molecule has 0 radical (unpaired) electrons. The number of nitriles is 1. The zero-order chi connectivity index (χ0) is 9.03. The molecule has 1 fully saturated rings. The van der Waals surface area contributed by atoms with E-state index in [1.165, 1.54) is 6.92 Å². The summed E-state index contributed by atoms with van der Waals surface area (Å²) in [6.07, 6.45) is 0.880. The van der Waals surface area contributed by atoms with Gasteiger partial charge in [-0.1, -0.05) is 0 Å². The molecule has 1 saturated heterocycles. The largest absolute Gasteiger partial charge is 0.303 e. The second-order valence-electron chi connectivity index (χ2n) is 2.53. The van der Waals surface area contributed by atoms with E-state index in [1.54, 1.807) is 6.07 Å². The van der Waals surface area contributed by atoms with Gasteiger partial charge in [0.25, 0.3) is 5.79 Å². The van der Waals surface area contributed by atoms with Crippen molar-refractivity contribution in [1.29, 1.82) is 5.26 Å². The van der Waals surface area contributed by atoms with Gasteiger partial charge in [0.1, 0.15) is 12.4 Å². The van der Waals surface area contributed by atoms with Crippen molar-refractivity contribution in [3.05, 3.63) is 0 Å². The molecule has 0 N–H and O–H groups in total. The van der Waals surface area contributed by atoms with Crippen LogP contribution in [0.15, 0.2) is 0 Å². The van der Waals surface area contributed by atoms with E-state index in [0.29, 0.717) is 12.8 Å². The molecule has 1 heterocycles. The van der Waals surface area contributed by atoms with Crippen LogP contribution >= 0.6 is 0 Å². The van der Waals surface area contributed by atoms with E-state index in [0.717, 1.165) is 6.29 Å². The van der Waals surface area contributed by atoms with E-state index >= 15 is 0 Å². The van der Waals surface area contributed by atoms with Crippen LogP contribution in [0.3, 0.4) is 0 Å². The van der Waals surface area contributed by atoms with Crippen molar-refractivity contribution < 1.29 is 19.3 Å². The first kappa shape index (κ1) is 9.13. The molecule has 0 aromatic heterocycles. The van der Waals surface area contributed by atoms with Gasteiger partial charge in [-0.05, 0) is 0 Å². The maximum Gasteiger partial charge on any atom is 0.288 e. The Bertz CT molecular complexity index is 212. The summed E-state index contributed by atoms with van der Waals surface area (Å²) in [7, 11) is 0. The molecule has 0 amide bonds. The van der Waals surface area contributed by atoms with E-state index < -0.39 is 12.1 Å². The smallest absolute Gasteiger partial charge is 0.288 e. The Labute approximate surface area is 69.7 Å². The van der Waals surface area contributed by atoms with Gasteiger partial charge in [0, 0.05) is 19.8 Å². The third-order valence-corrected chi connectivity index (χ3v) is 1.39. The number of ether oxygens (including phenoxy) is 1. The first-order valence-corrected chi connectivity index (χ1v) is 3.57. The highest BCUT2D eigenvalue weighted by Crippen LogP contribution is 2.25. The fraction of sp³-hybridized carbons (Fsp3) is 0.714. The Balaban J connectivity index is 2.36. The minimum absolute atomic E-state index is 0.329. The SMILES string of the molecule is CC1(C#N)OOC(CCC=O)O1. The lowest BCUT2D eigenvalue weighted by Crippen LogP contribution is -2.23. The van der Waals surface area contributed by atoms with Gasteiger partial charge in [-0.3, -0.25) is 0 Å². The highest BCUT2D eigenvalue weighted by atomic mass is 17.3. The fourth-order valence-corrected chi connectivity index (χ4v) is 0.792. The van der Waals surface area contributed by atoms with Crippen molar-refractivity contribution >= 4 is 6.29 Å². The number of hydrogen-bond donors (Lipinski definition) is 0. The van der Waals surface area contributed by atoms with E-state index in [1.807, 2.05) is 0 Å². The highest BCUT2D eigenvalue weighted by Gasteiger charge is 2.39. The number of hydrogen-bond acceptors (Lipinski definition) is 5. The van der Waals surface area contributed by atoms with Gasteiger partial charge in [-0.25, -0.2) is 4.89 Å². The molecule has 1 aliphatic rings. The third-order valence-electron chi connectivity index (χ3n) is 1.39. The third kappa shape index (κ3) is 2.01. The molecule has 0 aromatic rings. The van der Waals surface area contributed by atoms with Crippen LogP contribution in [0.1, 0.15) is 19.8 Å². The number of nitrogens with zero attached hydrogens (tertiary/aromatic N) is 1. The standard InChI is InChI=1S/C7H9NO4/c1-7(5-8)10-6(11-12-7)3-2-4-9/h4,6H,2-3H2,1H3. The number of rotatable bonds is 3.